The van der Waals surface area contributed by atoms with Gasteiger partial charge in [0.1, 0.15) is 5.75 Å². The van der Waals surface area contributed by atoms with Crippen molar-refractivity contribution < 1.29 is 9.47 Å². The summed E-state index contributed by atoms with van der Waals surface area (Å²) in [7, 11) is 3.40. The molecule has 2 atom stereocenters. The van der Waals surface area contributed by atoms with Crippen LogP contribution < -0.4 is 10.1 Å². The molecule has 3 nitrogen and oxygen atoms in total. The fourth-order valence-corrected chi connectivity index (χ4v) is 2.58. The molecule has 1 rings (SSSR count). The number of hydrogen-bond acceptors (Lipinski definition) is 3. The molecule has 0 heterocycles. The lowest BCUT2D eigenvalue weighted by molar-refractivity contribution is 0.0326. The molecule has 0 bridgehead atoms. The second kappa shape index (κ2) is 8.50. The first-order valence-corrected chi connectivity index (χ1v) is 7.52. The summed E-state index contributed by atoms with van der Waals surface area (Å²) in [4.78, 5) is 0. The molecular formula is C16H26ClNO2. The van der Waals surface area contributed by atoms with E-state index in [9.17, 15) is 0 Å². The lowest BCUT2D eigenvalue weighted by Gasteiger charge is -2.30. The van der Waals surface area contributed by atoms with E-state index in [1.54, 1.807) is 14.2 Å². The summed E-state index contributed by atoms with van der Waals surface area (Å²) in [6, 6.07) is 6.03. The third-order valence-corrected chi connectivity index (χ3v) is 3.72. The van der Waals surface area contributed by atoms with E-state index in [-0.39, 0.29) is 12.1 Å². The van der Waals surface area contributed by atoms with Crippen LogP contribution in [0.3, 0.4) is 0 Å². The predicted molar refractivity (Wildman–Crippen MR) is 84.7 cm³/mol. The van der Waals surface area contributed by atoms with Gasteiger partial charge in [0.2, 0.25) is 0 Å². The Kier molecular flexibility index (Phi) is 7.35. The van der Waals surface area contributed by atoms with E-state index >= 15 is 0 Å². The molecule has 0 aromatic heterocycles. The van der Waals surface area contributed by atoms with Gasteiger partial charge in [-0.15, -0.1) is 0 Å². The Labute approximate surface area is 127 Å². The normalized spacial score (nSPS) is 14.3. The Hall–Kier alpha value is -0.770. The highest BCUT2D eigenvalue weighted by atomic mass is 35.5. The third-order valence-electron chi connectivity index (χ3n) is 3.41. The number of rotatable bonds is 8. The van der Waals surface area contributed by atoms with Gasteiger partial charge in [-0.1, -0.05) is 38.4 Å². The molecule has 1 aromatic rings. The zero-order valence-corrected chi connectivity index (χ0v) is 13.8. The Bertz CT molecular complexity index is 409. The highest BCUT2D eigenvalue weighted by Crippen LogP contribution is 2.31. The van der Waals surface area contributed by atoms with Crippen molar-refractivity contribution in [3.8, 4) is 5.75 Å². The zero-order valence-electron chi connectivity index (χ0n) is 13.1. The van der Waals surface area contributed by atoms with Crippen LogP contribution in [0.15, 0.2) is 18.2 Å². The summed E-state index contributed by atoms with van der Waals surface area (Å²) in [6.07, 6.45) is 1.18. The fourth-order valence-electron chi connectivity index (χ4n) is 2.39. The van der Waals surface area contributed by atoms with Gasteiger partial charge < -0.3 is 14.8 Å². The van der Waals surface area contributed by atoms with Crippen molar-refractivity contribution in [1.82, 2.24) is 5.32 Å². The molecule has 0 amide bonds. The van der Waals surface area contributed by atoms with Gasteiger partial charge in [-0.05, 0) is 36.6 Å². The third kappa shape index (κ3) is 4.37. The summed E-state index contributed by atoms with van der Waals surface area (Å²) in [5.41, 5.74) is 1.14. The van der Waals surface area contributed by atoms with Crippen LogP contribution >= 0.6 is 11.6 Å². The summed E-state index contributed by atoms with van der Waals surface area (Å²) in [5.74, 6) is 1.11. The molecular weight excluding hydrogens is 274 g/mol. The average molecular weight is 300 g/mol. The molecule has 0 radical (unpaired) electrons. The quantitative estimate of drug-likeness (QED) is 0.785. The zero-order chi connectivity index (χ0) is 15.1. The Morgan fingerprint density at radius 3 is 2.45 bits per heavy atom. The van der Waals surface area contributed by atoms with Gasteiger partial charge in [0.05, 0.1) is 24.3 Å². The van der Waals surface area contributed by atoms with Crippen LogP contribution in [0.25, 0.3) is 0 Å². The largest absolute Gasteiger partial charge is 0.495 e. The van der Waals surface area contributed by atoms with Crippen molar-refractivity contribution in [2.45, 2.75) is 39.3 Å². The molecule has 1 aromatic carbocycles. The van der Waals surface area contributed by atoms with Crippen molar-refractivity contribution in [3.05, 3.63) is 28.8 Å². The molecule has 0 saturated carbocycles. The van der Waals surface area contributed by atoms with Crippen LogP contribution in [-0.2, 0) is 4.74 Å². The maximum atomic E-state index is 6.10. The van der Waals surface area contributed by atoms with Crippen molar-refractivity contribution in [1.29, 1.82) is 0 Å². The van der Waals surface area contributed by atoms with Crippen LogP contribution in [0, 0.1) is 5.92 Å². The van der Waals surface area contributed by atoms with E-state index in [1.807, 2.05) is 18.2 Å². The lowest BCUT2D eigenvalue weighted by Crippen LogP contribution is -2.37. The van der Waals surface area contributed by atoms with Crippen LogP contribution in [0.2, 0.25) is 5.02 Å². The van der Waals surface area contributed by atoms with Crippen molar-refractivity contribution in [3.63, 3.8) is 0 Å². The van der Waals surface area contributed by atoms with Gasteiger partial charge >= 0.3 is 0 Å². The van der Waals surface area contributed by atoms with Gasteiger partial charge in [0.25, 0.3) is 0 Å². The standard InChI is InChI=1S/C16H26ClNO2/c1-6-9-18-15(16(20-5)11(2)3)12-7-8-13(17)14(10-12)19-4/h7-8,10-11,15-16,18H,6,9H2,1-5H3. The summed E-state index contributed by atoms with van der Waals surface area (Å²) in [5, 5.41) is 4.19. The Balaban J connectivity index is 3.08. The monoisotopic (exact) mass is 299 g/mol. The topological polar surface area (TPSA) is 30.5 Å². The molecule has 1 N–H and O–H groups in total. The number of methoxy groups -OCH3 is 2. The van der Waals surface area contributed by atoms with Crippen molar-refractivity contribution in [2.24, 2.45) is 5.92 Å². The van der Waals surface area contributed by atoms with Crippen molar-refractivity contribution in [2.75, 3.05) is 20.8 Å². The molecule has 0 aliphatic rings. The van der Waals surface area contributed by atoms with Gasteiger partial charge in [-0.3, -0.25) is 0 Å². The van der Waals surface area contributed by atoms with E-state index in [2.05, 4.69) is 26.1 Å². The first kappa shape index (κ1) is 17.3. The number of hydrogen-bond donors (Lipinski definition) is 1. The maximum Gasteiger partial charge on any atom is 0.137 e. The Morgan fingerprint density at radius 1 is 1.25 bits per heavy atom. The van der Waals surface area contributed by atoms with Gasteiger partial charge in [-0.2, -0.15) is 0 Å². The SMILES string of the molecule is CCCNC(c1ccc(Cl)c(OC)c1)C(OC)C(C)C. The molecule has 20 heavy (non-hydrogen) atoms. The number of benzene rings is 1. The minimum atomic E-state index is 0.104. The van der Waals surface area contributed by atoms with Crippen LogP contribution in [-0.4, -0.2) is 26.9 Å². The smallest absolute Gasteiger partial charge is 0.137 e. The van der Waals surface area contributed by atoms with Crippen LogP contribution in [0.5, 0.6) is 5.75 Å². The fraction of sp³-hybridized carbons (Fsp3) is 0.625. The van der Waals surface area contributed by atoms with Gasteiger partial charge in [0.15, 0.2) is 0 Å². The number of ether oxygens (including phenoxy) is 2. The first-order valence-electron chi connectivity index (χ1n) is 7.14. The van der Waals surface area contributed by atoms with E-state index in [4.69, 9.17) is 21.1 Å². The number of halogens is 1. The molecule has 0 aliphatic carbocycles. The molecule has 0 spiro atoms. The molecule has 4 heteroatoms. The maximum absolute atomic E-state index is 6.10. The highest BCUT2D eigenvalue weighted by molar-refractivity contribution is 6.32. The highest BCUT2D eigenvalue weighted by Gasteiger charge is 2.26. The van der Waals surface area contributed by atoms with Crippen molar-refractivity contribution >= 4 is 11.6 Å². The average Bonchev–Trinajstić information content (AvgIpc) is 2.43. The second-order valence-electron chi connectivity index (χ2n) is 5.27. The summed E-state index contributed by atoms with van der Waals surface area (Å²) in [6.45, 7) is 7.44. The van der Waals surface area contributed by atoms with Gasteiger partial charge in [-0.25, -0.2) is 0 Å². The molecule has 114 valence electrons. The molecule has 2 unspecified atom stereocenters. The van der Waals surface area contributed by atoms with Gasteiger partial charge in [0, 0.05) is 7.11 Å². The van der Waals surface area contributed by atoms with Crippen LogP contribution in [0.4, 0.5) is 0 Å². The summed E-state index contributed by atoms with van der Waals surface area (Å²) >= 11 is 6.10. The number of nitrogens with one attached hydrogen (secondary N) is 1. The second-order valence-corrected chi connectivity index (χ2v) is 5.68. The Morgan fingerprint density at radius 2 is 1.95 bits per heavy atom. The first-order chi connectivity index (χ1) is 9.54. The van der Waals surface area contributed by atoms with E-state index in [0.29, 0.717) is 16.7 Å². The lowest BCUT2D eigenvalue weighted by atomic mass is 9.93. The minimum Gasteiger partial charge on any atom is -0.495 e. The molecule has 0 saturated heterocycles. The van der Waals surface area contributed by atoms with E-state index in [0.717, 1.165) is 18.5 Å². The summed E-state index contributed by atoms with van der Waals surface area (Å²) < 4.78 is 11.0. The predicted octanol–water partition coefficient (Wildman–Crippen LogP) is 4.06. The minimum absolute atomic E-state index is 0.104. The van der Waals surface area contributed by atoms with E-state index in [1.165, 1.54) is 0 Å². The van der Waals surface area contributed by atoms with Crippen LogP contribution in [0.1, 0.15) is 38.8 Å². The molecule has 0 aliphatic heterocycles. The molecule has 0 fully saturated rings. The van der Waals surface area contributed by atoms with E-state index < -0.39 is 0 Å².